The summed E-state index contributed by atoms with van der Waals surface area (Å²) in [7, 11) is 0. The molecular weight excluding hydrogens is 278 g/mol. The Morgan fingerprint density at radius 1 is 1.24 bits per heavy atom. The van der Waals surface area contributed by atoms with Crippen LogP contribution in [0.15, 0.2) is 27.5 Å². The molecule has 0 aliphatic rings. The van der Waals surface area contributed by atoms with E-state index < -0.39 is 0 Å². The molecule has 17 heavy (non-hydrogen) atoms. The Hall–Kier alpha value is -1.09. The molecule has 2 rings (SSSR count). The van der Waals surface area contributed by atoms with Crippen LogP contribution in [0.1, 0.15) is 32.0 Å². The molecule has 0 aliphatic carbocycles. The Labute approximate surface area is 109 Å². The highest BCUT2D eigenvalue weighted by atomic mass is 79.9. The summed E-state index contributed by atoms with van der Waals surface area (Å²) in [5, 5.41) is 0.734. The summed E-state index contributed by atoms with van der Waals surface area (Å²) in [4.78, 5) is 15.6. The summed E-state index contributed by atoms with van der Waals surface area (Å²) in [6, 6.07) is 5.63. The second-order valence-corrected chi connectivity index (χ2v) is 6.27. The average molecular weight is 294 g/mol. The monoisotopic (exact) mass is 293 g/mol. The predicted molar refractivity (Wildman–Crippen MR) is 75.7 cm³/mol. The zero-order valence-electron chi connectivity index (χ0n) is 10.5. The Morgan fingerprint density at radius 2 is 1.88 bits per heavy atom. The summed E-state index contributed by atoms with van der Waals surface area (Å²) in [6.45, 7) is 8.30. The molecule has 0 aliphatic heterocycles. The number of rotatable bonds is 0. The van der Waals surface area contributed by atoms with E-state index in [1.165, 1.54) is 0 Å². The topological polar surface area (TPSA) is 32.9 Å². The van der Waals surface area contributed by atoms with Crippen LogP contribution in [0.25, 0.3) is 10.9 Å². The molecule has 0 saturated carbocycles. The third-order valence-electron chi connectivity index (χ3n) is 2.95. The van der Waals surface area contributed by atoms with Crippen molar-refractivity contribution in [3.8, 4) is 0 Å². The van der Waals surface area contributed by atoms with Crippen molar-refractivity contribution in [2.75, 3.05) is 0 Å². The SMILES string of the molecule is Cc1ccc(Br)c2c(=O)cc(C(C)(C)C)[nH]c12. The lowest BCUT2D eigenvalue weighted by molar-refractivity contribution is 0.571. The number of H-pyrrole nitrogens is 1. The third-order valence-corrected chi connectivity index (χ3v) is 3.61. The van der Waals surface area contributed by atoms with Crippen LogP contribution in [0.3, 0.4) is 0 Å². The van der Waals surface area contributed by atoms with E-state index in [4.69, 9.17) is 0 Å². The number of hydrogen-bond donors (Lipinski definition) is 1. The molecule has 1 heterocycles. The van der Waals surface area contributed by atoms with Crippen molar-refractivity contribution >= 4 is 26.8 Å². The summed E-state index contributed by atoms with van der Waals surface area (Å²) in [5.41, 5.74) is 3.00. The fourth-order valence-electron chi connectivity index (χ4n) is 1.86. The van der Waals surface area contributed by atoms with Gasteiger partial charge in [-0.3, -0.25) is 4.79 Å². The molecule has 0 amide bonds. The van der Waals surface area contributed by atoms with Crippen molar-refractivity contribution in [3.05, 3.63) is 44.2 Å². The number of halogens is 1. The molecular formula is C14H16BrNO. The molecule has 1 aromatic heterocycles. The molecule has 2 nitrogen and oxygen atoms in total. The van der Waals surface area contributed by atoms with Gasteiger partial charge in [-0.15, -0.1) is 0 Å². The smallest absolute Gasteiger partial charge is 0.190 e. The van der Waals surface area contributed by atoms with Crippen LogP contribution in [-0.4, -0.2) is 4.98 Å². The fraction of sp³-hybridized carbons (Fsp3) is 0.357. The number of benzene rings is 1. The number of aromatic amines is 1. The first-order valence-corrected chi connectivity index (χ1v) is 6.42. The van der Waals surface area contributed by atoms with Gasteiger partial charge in [-0.2, -0.15) is 0 Å². The van der Waals surface area contributed by atoms with Gasteiger partial charge in [0.25, 0.3) is 0 Å². The van der Waals surface area contributed by atoms with Crippen LogP contribution in [0.4, 0.5) is 0 Å². The Kier molecular flexibility index (Phi) is 2.90. The van der Waals surface area contributed by atoms with Crippen molar-refractivity contribution in [2.45, 2.75) is 33.1 Å². The minimum atomic E-state index is -0.0535. The molecule has 0 bridgehead atoms. The first kappa shape index (κ1) is 12.4. The van der Waals surface area contributed by atoms with Gasteiger partial charge in [-0.25, -0.2) is 0 Å². The maximum Gasteiger partial charge on any atom is 0.190 e. The Morgan fingerprint density at radius 3 is 2.47 bits per heavy atom. The van der Waals surface area contributed by atoms with E-state index in [9.17, 15) is 4.79 Å². The van der Waals surface area contributed by atoms with Crippen LogP contribution < -0.4 is 5.43 Å². The van der Waals surface area contributed by atoms with Gasteiger partial charge in [0, 0.05) is 21.6 Å². The highest BCUT2D eigenvalue weighted by Crippen LogP contribution is 2.26. The van der Waals surface area contributed by atoms with E-state index in [1.807, 2.05) is 19.1 Å². The Bertz CT molecular complexity index is 635. The number of nitrogens with one attached hydrogen (secondary N) is 1. The average Bonchev–Trinajstić information content (AvgIpc) is 2.21. The van der Waals surface area contributed by atoms with Crippen molar-refractivity contribution in [2.24, 2.45) is 0 Å². The van der Waals surface area contributed by atoms with Crippen molar-refractivity contribution in [3.63, 3.8) is 0 Å². The highest BCUT2D eigenvalue weighted by molar-refractivity contribution is 9.10. The molecule has 0 atom stereocenters. The number of aromatic nitrogens is 1. The summed E-state index contributed by atoms with van der Waals surface area (Å²) < 4.78 is 0.847. The third kappa shape index (κ3) is 2.16. The Balaban J connectivity index is 2.92. The first-order chi connectivity index (χ1) is 7.80. The molecule has 0 radical (unpaired) electrons. The molecule has 0 spiro atoms. The highest BCUT2D eigenvalue weighted by Gasteiger charge is 2.17. The largest absolute Gasteiger partial charge is 0.357 e. The van der Waals surface area contributed by atoms with Gasteiger partial charge in [-0.05, 0) is 34.5 Å². The minimum Gasteiger partial charge on any atom is -0.357 e. The molecule has 90 valence electrons. The molecule has 2 aromatic rings. The lowest BCUT2D eigenvalue weighted by atomic mass is 9.91. The maximum atomic E-state index is 12.2. The molecule has 3 heteroatoms. The normalized spacial score (nSPS) is 12.1. The second kappa shape index (κ2) is 3.98. The predicted octanol–water partition coefficient (Wildman–Crippen LogP) is 3.90. The molecule has 0 saturated heterocycles. The zero-order chi connectivity index (χ0) is 12.8. The fourth-order valence-corrected chi connectivity index (χ4v) is 2.39. The summed E-state index contributed by atoms with van der Waals surface area (Å²) in [6.07, 6.45) is 0. The van der Waals surface area contributed by atoms with Crippen molar-refractivity contribution < 1.29 is 0 Å². The van der Waals surface area contributed by atoms with E-state index in [-0.39, 0.29) is 10.8 Å². The van der Waals surface area contributed by atoms with Gasteiger partial charge in [-0.1, -0.05) is 26.8 Å². The van der Waals surface area contributed by atoms with Crippen LogP contribution in [0.5, 0.6) is 0 Å². The lowest BCUT2D eigenvalue weighted by Gasteiger charge is -2.19. The van der Waals surface area contributed by atoms with Crippen LogP contribution >= 0.6 is 15.9 Å². The van der Waals surface area contributed by atoms with Crippen molar-refractivity contribution in [1.82, 2.24) is 4.98 Å². The second-order valence-electron chi connectivity index (χ2n) is 5.41. The molecule has 0 fully saturated rings. The van der Waals surface area contributed by atoms with Gasteiger partial charge in [0.05, 0.1) is 10.9 Å². The minimum absolute atomic E-state index is 0.0535. The van der Waals surface area contributed by atoms with Gasteiger partial charge < -0.3 is 4.98 Å². The zero-order valence-corrected chi connectivity index (χ0v) is 12.1. The quantitative estimate of drug-likeness (QED) is 0.785. The summed E-state index contributed by atoms with van der Waals surface area (Å²) >= 11 is 3.44. The first-order valence-electron chi connectivity index (χ1n) is 5.63. The van der Waals surface area contributed by atoms with E-state index >= 15 is 0 Å². The maximum absolute atomic E-state index is 12.2. The summed E-state index contributed by atoms with van der Waals surface area (Å²) in [5.74, 6) is 0. The van der Waals surface area contributed by atoms with E-state index in [2.05, 4.69) is 41.7 Å². The van der Waals surface area contributed by atoms with Gasteiger partial charge >= 0.3 is 0 Å². The van der Waals surface area contributed by atoms with E-state index in [0.29, 0.717) is 0 Å². The van der Waals surface area contributed by atoms with E-state index in [1.54, 1.807) is 6.07 Å². The van der Waals surface area contributed by atoms with Gasteiger partial charge in [0.1, 0.15) is 0 Å². The van der Waals surface area contributed by atoms with Crippen LogP contribution in [0, 0.1) is 6.92 Å². The molecule has 1 aromatic carbocycles. The van der Waals surface area contributed by atoms with Gasteiger partial charge in [0.2, 0.25) is 0 Å². The number of hydrogen-bond acceptors (Lipinski definition) is 1. The number of fused-ring (bicyclic) bond motifs is 1. The number of pyridine rings is 1. The molecule has 1 N–H and O–H groups in total. The van der Waals surface area contributed by atoms with Crippen molar-refractivity contribution in [1.29, 1.82) is 0 Å². The number of aryl methyl sites for hydroxylation is 1. The van der Waals surface area contributed by atoms with Crippen LogP contribution in [0.2, 0.25) is 0 Å². The van der Waals surface area contributed by atoms with Crippen LogP contribution in [-0.2, 0) is 5.41 Å². The lowest BCUT2D eigenvalue weighted by Crippen LogP contribution is -2.18. The standard InChI is InChI=1S/C14H16BrNO/c1-8-5-6-9(15)12-10(17)7-11(14(2,3)4)16-13(8)12/h5-7H,1-4H3,(H,16,17). The van der Waals surface area contributed by atoms with E-state index in [0.717, 1.165) is 26.6 Å². The molecule has 0 unspecified atom stereocenters. The van der Waals surface area contributed by atoms with Gasteiger partial charge in [0.15, 0.2) is 5.43 Å².